The third-order valence-corrected chi connectivity index (χ3v) is 6.15. The number of carbonyl (C=O) groups is 1. The van der Waals surface area contributed by atoms with Gasteiger partial charge in [-0.25, -0.2) is 0 Å². The molecule has 0 aromatic carbocycles. The average Bonchev–Trinajstić information content (AvgIpc) is 2.84. The summed E-state index contributed by atoms with van der Waals surface area (Å²) in [6.45, 7) is 0. The van der Waals surface area contributed by atoms with Gasteiger partial charge in [-0.1, -0.05) is 19.3 Å². The van der Waals surface area contributed by atoms with E-state index in [4.69, 9.17) is 11.6 Å². The molecule has 2 aliphatic rings. The first-order valence-electron chi connectivity index (χ1n) is 7.76. The van der Waals surface area contributed by atoms with Gasteiger partial charge < -0.3 is 5.32 Å². The number of hydrogen-bond donors (Lipinski definition) is 1. The van der Waals surface area contributed by atoms with Crippen molar-refractivity contribution in [3.05, 3.63) is 21.9 Å². The van der Waals surface area contributed by atoms with Crippen LogP contribution in [0.2, 0.25) is 0 Å². The van der Waals surface area contributed by atoms with E-state index in [1.54, 1.807) is 11.3 Å². The Kier molecular flexibility index (Phi) is 4.67. The molecule has 3 unspecified atom stereocenters. The van der Waals surface area contributed by atoms with Gasteiger partial charge in [-0.2, -0.15) is 0 Å². The van der Waals surface area contributed by atoms with E-state index in [2.05, 4.69) is 16.8 Å². The molecule has 1 saturated carbocycles. The number of thiophene rings is 1. The minimum atomic E-state index is 0.0529. The molecular formula is C16H22ClNOS. The average molecular weight is 312 g/mol. The molecule has 3 atom stereocenters. The highest BCUT2D eigenvalue weighted by atomic mass is 35.5. The number of hydrogen-bond acceptors (Lipinski definition) is 2. The lowest BCUT2D eigenvalue weighted by Gasteiger charge is -2.26. The van der Waals surface area contributed by atoms with Gasteiger partial charge in [0.2, 0.25) is 5.91 Å². The summed E-state index contributed by atoms with van der Waals surface area (Å²) in [4.78, 5) is 14.0. The molecule has 1 N–H and O–H groups in total. The van der Waals surface area contributed by atoms with Crippen molar-refractivity contribution in [2.45, 2.75) is 68.7 Å². The van der Waals surface area contributed by atoms with Crippen LogP contribution >= 0.6 is 22.9 Å². The number of halogens is 1. The lowest BCUT2D eigenvalue weighted by atomic mass is 9.87. The summed E-state index contributed by atoms with van der Waals surface area (Å²) in [5.74, 6) is 0.249. The maximum Gasteiger partial charge on any atom is 0.227 e. The molecule has 0 spiro atoms. The van der Waals surface area contributed by atoms with Gasteiger partial charge in [-0.05, 0) is 49.1 Å². The van der Waals surface area contributed by atoms with Gasteiger partial charge >= 0.3 is 0 Å². The van der Waals surface area contributed by atoms with Crippen LogP contribution in [0.25, 0.3) is 0 Å². The molecule has 0 aliphatic heterocycles. The van der Waals surface area contributed by atoms with E-state index >= 15 is 0 Å². The first-order valence-corrected chi connectivity index (χ1v) is 9.08. The number of carbonyl (C=O) groups excluding carboxylic acids is 1. The Hall–Kier alpha value is -0.540. The lowest BCUT2D eigenvalue weighted by molar-refractivity contribution is -0.123. The second-order valence-corrected chi connectivity index (χ2v) is 7.57. The first-order chi connectivity index (χ1) is 9.75. The predicted molar refractivity (Wildman–Crippen MR) is 84.7 cm³/mol. The summed E-state index contributed by atoms with van der Waals surface area (Å²) in [6, 6.07) is 2.30. The fourth-order valence-electron chi connectivity index (χ4n) is 3.47. The highest BCUT2D eigenvalue weighted by Gasteiger charge is 2.30. The third kappa shape index (κ3) is 3.04. The Bertz CT molecular complexity index is 473. The zero-order chi connectivity index (χ0) is 13.9. The number of fused-ring (bicyclic) bond motifs is 1. The quantitative estimate of drug-likeness (QED) is 0.643. The van der Waals surface area contributed by atoms with Gasteiger partial charge in [0.15, 0.2) is 0 Å². The van der Waals surface area contributed by atoms with E-state index in [1.807, 2.05) is 0 Å². The topological polar surface area (TPSA) is 29.1 Å². The van der Waals surface area contributed by atoms with Gasteiger partial charge in [0.05, 0.1) is 11.3 Å². The van der Waals surface area contributed by atoms with Gasteiger partial charge in [0.1, 0.15) is 0 Å². The van der Waals surface area contributed by atoms with Gasteiger partial charge in [-0.15, -0.1) is 22.9 Å². The summed E-state index contributed by atoms with van der Waals surface area (Å²) < 4.78 is 0. The summed E-state index contributed by atoms with van der Waals surface area (Å²) in [5.41, 5.74) is 1.26. The Morgan fingerprint density at radius 3 is 2.95 bits per heavy atom. The molecule has 2 aliphatic carbocycles. The Balaban J connectivity index is 1.68. The molecular weight excluding hydrogens is 290 g/mol. The molecule has 0 radical (unpaired) electrons. The lowest BCUT2D eigenvalue weighted by Crippen LogP contribution is -2.43. The smallest absolute Gasteiger partial charge is 0.227 e. The Morgan fingerprint density at radius 2 is 2.05 bits per heavy atom. The van der Waals surface area contributed by atoms with E-state index in [0.29, 0.717) is 0 Å². The molecule has 0 bridgehead atoms. The van der Waals surface area contributed by atoms with Crippen LogP contribution in [0.15, 0.2) is 11.4 Å². The number of alkyl halides is 1. The van der Waals surface area contributed by atoms with Crippen molar-refractivity contribution < 1.29 is 4.79 Å². The van der Waals surface area contributed by atoms with E-state index < -0.39 is 0 Å². The first kappa shape index (κ1) is 14.4. The molecule has 20 heavy (non-hydrogen) atoms. The van der Waals surface area contributed by atoms with Crippen LogP contribution in [-0.2, 0) is 11.2 Å². The number of aryl methyl sites for hydroxylation is 1. The van der Waals surface area contributed by atoms with E-state index in [-0.39, 0.29) is 23.2 Å². The van der Waals surface area contributed by atoms with Crippen LogP contribution in [0, 0.1) is 0 Å². The SMILES string of the molecule is O=C(NC1CCCCCC1Cl)C1CCCc2sccc21. The van der Waals surface area contributed by atoms with Crippen molar-refractivity contribution >= 4 is 28.8 Å². The van der Waals surface area contributed by atoms with Crippen LogP contribution in [-0.4, -0.2) is 17.3 Å². The molecule has 0 saturated heterocycles. The van der Waals surface area contributed by atoms with Crippen LogP contribution in [0.5, 0.6) is 0 Å². The standard InChI is InChI=1S/C16H22ClNOS/c17-13-6-2-1-3-7-14(13)18-16(19)12-5-4-8-15-11(12)9-10-20-15/h9-10,12-14H,1-8H2,(H,18,19). The Labute approximate surface area is 129 Å². The third-order valence-electron chi connectivity index (χ3n) is 4.63. The number of rotatable bonds is 2. The van der Waals surface area contributed by atoms with Crippen molar-refractivity contribution in [1.82, 2.24) is 5.32 Å². The highest BCUT2D eigenvalue weighted by molar-refractivity contribution is 7.10. The monoisotopic (exact) mass is 311 g/mol. The minimum absolute atomic E-state index is 0.0529. The van der Waals surface area contributed by atoms with Gasteiger partial charge in [0, 0.05) is 10.9 Å². The maximum atomic E-state index is 12.6. The van der Waals surface area contributed by atoms with Crippen LogP contribution in [0.4, 0.5) is 0 Å². The fourth-order valence-corrected chi connectivity index (χ4v) is 4.80. The summed E-state index contributed by atoms with van der Waals surface area (Å²) in [5, 5.41) is 5.46. The summed E-state index contributed by atoms with van der Waals surface area (Å²) >= 11 is 8.23. The van der Waals surface area contributed by atoms with Crippen LogP contribution < -0.4 is 5.32 Å². The van der Waals surface area contributed by atoms with Gasteiger partial charge in [-0.3, -0.25) is 4.79 Å². The van der Waals surface area contributed by atoms with Gasteiger partial charge in [0.25, 0.3) is 0 Å². The van der Waals surface area contributed by atoms with Crippen molar-refractivity contribution in [3.8, 4) is 0 Å². The normalized spacial score (nSPS) is 30.4. The van der Waals surface area contributed by atoms with Crippen molar-refractivity contribution in [2.75, 3.05) is 0 Å². The van der Waals surface area contributed by atoms with Crippen LogP contribution in [0.3, 0.4) is 0 Å². The largest absolute Gasteiger partial charge is 0.351 e. The van der Waals surface area contributed by atoms with E-state index in [9.17, 15) is 4.79 Å². The molecule has 2 nitrogen and oxygen atoms in total. The van der Waals surface area contributed by atoms with Crippen molar-refractivity contribution in [2.24, 2.45) is 0 Å². The molecule has 110 valence electrons. The number of nitrogens with one attached hydrogen (secondary N) is 1. The second kappa shape index (κ2) is 6.48. The zero-order valence-corrected chi connectivity index (χ0v) is 13.3. The molecule has 4 heteroatoms. The van der Waals surface area contributed by atoms with Crippen LogP contribution in [0.1, 0.15) is 61.3 Å². The highest BCUT2D eigenvalue weighted by Crippen LogP contribution is 2.35. The molecule has 1 aromatic heterocycles. The maximum absolute atomic E-state index is 12.6. The molecule has 1 heterocycles. The molecule has 1 fully saturated rings. The molecule has 1 aromatic rings. The van der Waals surface area contributed by atoms with E-state index in [0.717, 1.165) is 32.1 Å². The molecule has 1 amide bonds. The number of amides is 1. The zero-order valence-electron chi connectivity index (χ0n) is 11.7. The molecule has 3 rings (SSSR count). The fraction of sp³-hybridized carbons (Fsp3) is 0.688. The Morgan fingerprint density at radius 1 is 1.20 bits per heavy atom. The second-order valence-electron chi connectivity index (χ2n) is 6.01. The van der Waals surface area contributed by atoms with Crippen molar-refractivity contribution in [3.63, 3.8) is 0 Å². The van der Waals surface area contributed by atoms with E-state index in [1.165, 1.54) is 29.7 Å². The minimum Gasteiger partial charge on any atom is -0.351 e. The summed E-state index contributed by atoms with van der Waals surface area (Å²) in [7, 11) is 0. The van der Waals surface area contributed by atoms with Crippen molar-refractivity contribution in [1.29, 1.82) is 0 Å². The summed E-state index contributed by atoms with van der Waals surface area (Å²) in [6.07, 6.45) is 8.92. The predicted octanol–water partition coefficient (Wildman–Crippen LogP) is 4.22.